The van der Waals surface area contributed by atoms with Crippen LogP contribution in [0.4, 0.5) is 15.6 Å². The number of carbonyl (C=O) groups is 1. The van der Waals surface area contributed by atoms with E-state index in [9.17, 15) is 4.79 Å². The highest BCUT2D eigenvalue weighted by molar-refractivity contribution is 7.15. The molecule has 8 heteroatoms. The Bertz CT molecular complexity index is 824. The first-order valence-corrected chi connectivity index (χ1v) is 8.72. The van der Waals surface area contributed by atoms with E-state index in [2.05, 4.69) is 20.8 Å². The lowest BCUT2D eigenvalue weighted by atomic mass is 10.3. The van der Waals surface area contributed by atoms with E-state index in [0.717, 1.165) is 10.8 Å². The summed E-state index contributed by atoms with van der Waals surface area (Å²) in [5.41, 5.74) is 0.709. The quantitative estimate of drug-likeness (QED) is 0.668. The average Bonchev–Trinajstić information content (AvgIpc) is 3.04. The molecule has 0 radical (unpaired) electrons. The Kier molecular flexibility index (Phi) is 5.81. The fourth-order valence-electron chi connectivity index (χ4n) is 1.97. The molecule has 128 valence electrons. The predicted octanol–water partition coefficient (Wildman–Crippen LogP) is 4.46. The summed E-state index contributed by atoms with van der Waals surface area (Å²) in [6.07, 6.45) is 0.599. The molecule has 1 heterocycles. The van der Waals surface area contributed by atoms with Crippen molar-refractivity contribution in [2.45, 2.75) is 6.42 Å². The number of nitrogens with one attached hydrogen (secondary N) is 2. The number of nitrogens with zero attached hydrogens (tertiary/aromatic N) is 2. The number of hydrogen-bond donors (Lipinski definition) is 2. The van der Waals surface area contributed by atoms with E-state index in [-0.39, 0.29) is 6.03 Å². The Hall–Kier alpha value is -2.64. The Balaban J connectivity index is 1.45. The van der Waals surface area contributed by atoms with Crippen LogP contribution in [0.5, 0.6) is 5.75 Å². The maximum atomic E-state index is 11.9. The second-order valence-corrected chi connectivity index (χ2v) is 6.50. The normalized spacial score (nSPS) is 10.3. The maximum Gasteiger partial charge on any atom is 0.325 e. The molecule has 0 aliphatic heterocycles. The van der Waals surface area contributed by atoms with Crippen molar-refractivity contribution in [1.82, 2.24) is 10.2 Å². The van der Waals surface area contributed by atoms with Crippen LogP contribution < -0.4 is 15.4 Å². The molecule has 1 aromatic heterocycles. The third-order valence-corrected chi connectivity index (χ3v) is 4.27. The van der Waals surface area contributed by atoms with E-state index in [1.54, 1.807) is 24.3 Å². The van der Waals surface area contributed by atoms with Gasteiger partial charge in [-0.3, -0.25) is 5.32 Å². The highest BCUT2D eigenvalue weighted by Crippen LogP contribution is 2.18. The number of aromatic nitrogens is 2. The van der Waals surface area contributed by atoms with Gasteiger partial charge in [0.25, 0.3) is 0 Å². The molecular weight excluding hydrogens is 360 g/mol. The van der Waals surface area contributed by atoms with Crippen molar-refractivity contribution < 1.29 is 9.53 Å². The van der Waals surface area contributed by atoms with Gasteiger partial charge in [-0.25, -0.2) is 4.79 Å². The fourth-order valence-corrected chi connectivity index (χ4v) is 2.81. The third kappa shape index (κ3) is 5.44. The molecule has 0 saturated carbocycles. The molecule has 3 aromatic rings. The summed E-state index contributed by atoms with van der Waals surface area (Å²) in [6, 6.07) is 16.0. The number of hydrogen-bond acceptors (Lipinski definition) is 5. The molecular formula is C17H15ClN4O2S. The van der Waals surface area contributed by atoms with Crippen LogP contribution in [0.25, 0.3) is 0 Å². The summed E-state index contributed by atoms with van der Waals surface area (Å²) in [6.45, 7) is 0.465. The molecule has 0 unspecified atom stereocenters. The van der Waals surface area contributed by atoms with Crippen molar-refractivity contribution in [1.29, 1.82) is 0 Å². The first-order chi connectivity index (χ1) is 12.2. The lowest BCUT2D eigenvalue weighted by Crippen LogP contribution is -2.19. The summed E-state index contributed by atoms with van der Waals surface area (Å²) in [4.78, 5) is 11.9. The first-order valence-electron chi connectivity index (χ1n) is 7.53. The van der Waals surface area contributed by atoms with Crippen LogP contribution >= 0.6 is 22.9 Å². The molecule has 0 saturated heterocycles. The molecule has 0 spiro atoms. The number of para-hydroxylation sites is 1. The van der Waals surface area contributed by atoms with Gasteiger partial charge in [-0.2, -0.15) is 0 Å². The van der Waals surface area contributed by atoms with Gasteiger partial charge < -0.3 is 10.1 Å². The van der Waals surface area contributed by atoms with Crippen LogP contribution in [-0.4, -0.2) is 22.8 Å². The molecule has 2 aromatic carbocycles. The van der Waals surface area contributed by atoms with Crippen molar-refractivity contribution in [3.8, 4) is 5.75 Å². The Labute approximate surface area is 153 Å². The molecule has 0 aliphatic carbocycles. The molecule has 0 atom stereocenters. The van der Waals surface area contributed by atoms with Crippen LogP contribution in [0.15, 0.2) is 54.6 Å². The Morgan fingerprint density at radius 3 is 2.56 bits per heavy atom. The number of amides is 2. The summed E-state index contributed by atoms with van der Waals surface area (Å²) < 4.78 is 5.61. The second-order valence-electron chi connectivity index (χ2n) is 5.00. The highest BCUT2D eigenvalue weighted by Gasteiger charge is 2.08. The molecule has 2 amide bonds. The van der Waals surface area contributed by atoms with E-state index in [0.29, 0.717) is 28.9 Å². The van der Waals surface area contributed by atoms with Crippen molar-refractivity contribution in [3.63, 3.8) is 0 Å². The molecule has 0 bridgehead atoms. The van der Waals surface area contributed by atoms with E-state index in [1.807, 2.05) is 30.3 Å². The van der Waals surface area contributed by atoms with Crippen molar-refractivity contribution in [2.24, 2.45) is 0 Å². The molecule has 0 aliphatic rings. The van der Waals surface area contributed by atoms with E-state index >= 15 is 0 Å². The van der Waals surface area contributed by atoms with Gasteiger partial charge >= 0.3 is 6.03 Å². The summed E-state index contributed by atoms with van der Waals surface area (Å²) in [5, 5.41) is 15.3. The van der Waals surface area contributed by atoms with Gasteiger partial charge in [-0.1, -0.05) is 41.1 Å². The lowest BCUT2D eigenvalue weighted by Gasteiger charge is -2.04. The van der Waals surface area contributed by atoms with E-state index in [1.165, 1.54) is 11.3 Å². The average molecular weight is 375 g/mol. The predicted molar refractivity (Wildman–Crippen MR) is 99.6 cm³/mol. The fraction of sp³-hybridized carbons (Fsp3) is 0.118. The number of rotatable bonds is 6. The number of benzene rings is 2. The van der Waals surface area contributed by atoms with Crippen LogP contribution in [0.3, 0.4) is 0 Å². The van der Waals surface area contributed by atoms with Gasteiger partial charge in [-0.15, -0.1) is 10.2 Å². The third-order valence-electron chi connectivity index (χ3n) is 3.12. The van der Waals surface area contributed by atoms with Gasteiger partial charge in [0.05, 0.1) is 6.61 Å². The smallest absolute Gasteiger partial charge is 0.325 e. The molecule has 0 fully saturated rings. The van der Waals surface area contributed by atoms with Gasteiger partial charge in [-0.05, 0) is 36.4 Å². The second kappa shape index (κ2) is 8.46. The molecule has 6 nitrogen and oxygen atoms in total. The number of ether oxygens (including phenoxy) is 1. The van der Waals surface area contributed by atoms with Crippen molar-refractivity contribution in [3.05, 3.63) is 64.6 Å². The summed E-state index contributed by atoms with van der Waals surface area (Å²) >= 11 is 7.14. The van der Waals surface area contributed by atoms with Crippen LogP contribution in [0.1, 0.15) is 5.01 Å². The Morgan fingerprint density at radius 2 is 1.80 bits per heavy atom. The summed E-state index contributed by atoms with van der Waals surface area (Å²) in [7, 11) is 0. The maximum absolute atomic E-state index is 11.9. The van der Waals surface area contributed by atoms with E-state index < -0.39 is 0 Å². The standard InChI is InChI=1S/C17H15ClN4O2S/c18-12-6-8-14(9-7-12)24-11-10-15-21-22-17(25-15)20-16(23)19-13-4-2-1-3-5-13/h1-9H,10-11H2,(H2,19,20,22,23). The van der Waals surface area contributed by atoms with Crippen LogP contribution in [-0.2, 0) is 6.42 Å². The molecule has 3 rings (SSSR count). The van der Waals surface area contributed by atoms with Crippen LogP contribution in [0.2, 0.25) is 5.02 Å². The zero-order chi connectivity index (χ0) is 17.5. The van der Waals surface area contributed by atoms with Crippen molar-refractivity contribution >= 4 is 39.8 Å². The Morgan fingerprint density at radius 1 is 1.04 bits per heavy atom. The number of urea groups is 1. The number of carbonyl (C=O) groups excluding carboxylic acids is 1. The van der Waals surface area contributed by atoms with Crippen molar-refractivity contribution in [2.75, 3.05) is 17.2 Å². The molecule has 2 N–H and O–H groups in total. The topological polar surface area (TPSA) is 76.1 Å². The van der Waals surface area contributed by atoms with Gasteiger partial charge in [0.2, 0.25) is 5.13 Å². The number of anilines is 2. The SMILES string of the molecule is O=C(Nc1ccccc1)Nc1nnc(CCOc2ccc(Cl)cc2)s1. The molecule has 25 heavy (non-hydrogen) atoms. The monoisotopic (exact) mass is 374 g/mol. The zero-order valence-corrected chi connectivity index (χ0v) is 14.7. The van der Waals surface area contributed by atoms with E-state index in [4.69, 9.17) is 16.3 Å². The zero-order valence-electron chi connectivity index (χ0n) is 13.1. The lowest BCUT2D eigenvalue weighted by molar-refractivity contribution is 0.262. The minimum Gasteiger partial charge on any atom is -0.493 e. The highest BCUT2D eigenvalue weighted by atomic mass is 35.5. The summed E-state index contributed by atoms with van der Waals surface area (Å²) in [5.74, 6) is 0.745. The largest absolute Gasteiger partial charge is 0.493 e. The van der Waals surface area contributed by atoms with Crippen LogP contribution in [0, 0.1) is 0 Å². The van der Waals surface area contributed by atoms with Gasteiger partial charge in [0, 0.05) is 17.1 Å². The minimum absolute atomic E-state index is 0.355. The van der Waals surface area contributed by atoms with Gasteiger partial charge in [0.15, 0.2) is 0 Å². The number of halogens is 1. The first kappa shape index (κ1) is 17.2. The minimum atomic E-state index is -0.355. The van der Waals surface area contributed by atoms with Gasteiger partial charge in [0.1, 0.15) is 10.8 Å².